The summed E-state index contributed by atoms with van der Waals surface area (Å²) in [5.74, 6) is -0.378. The lowest BCUT2D eigenvalue weighted by Gasteiger charge is -2.02. The van der Waals surface area contributed by atoms with E-state index < -0.39 is 0 Å². The van der Waals surface area contributed by atoms with Gasteiger partial charge in [-0.3, -0.25) is 4.89 Å². The second kappa shape index (κ2) is 13.5. The third kappa shape index (κ3) is 15.4. The minimum absolute atomic E-state index is 0.378. The lowest BCUT2D eigenvalue weighted by atomic mass is 10.1. The van der Waals surface area contributed by atoms with Crippen molar-refractivity contribution in [1.29, 1.82) is 0 Å². The van der Waals surface area contributed by atoms with E-state index >= 15 is 0 Å². The van der Waals surface area contributed by atoms with Crippen LogP contribution in [0.4, 0.5) is 0 Å². The Morgan fingerprint density at radius 1 is 0.824 bits per heavy atom. The summed E-state index contributed by atoms with van der Waals surface area (Å²) in [6, 6.07) is 0. The molecule has 0 unspecified atom stereocenters. The Hall–Kier alpha value is -0.570. The summed E-state index contributed by atoms with van der Waals surface area (Å²) in [6.07, 6.45) is 12.9. The van der Waals surface area contributed by atoms with Crippen molar-refractivity contribution in [3.05, 3.63) is 0 Å². The maximum Gasteiger partial charge on any atom is 0.339 e. The van der Waals surface area contributed by atoms with E-state index in [0.29, 0.717) is 6.61 Å². The van der Waals surface area contributed by atoms with E-state index in [1.807, 2.05) is 0 Å². The zero-order valence-corrected chi connectivity index (χ0v) is 11.5. The van der Waals surface area contributed by atoms with E-state index in [1.54, 1.807) is 0 Å². The van der Waals surface area contributed by atoms with E-state index in [0.717, 1.165) is 12.8 Å². The van der Waals surface area contributed by atoms with Crippen molar-refractivity contribution in [2.45, 2.75) is 78.1 Å². The standard InChI is InChI=1S/C14H28O3/c1-3-4-5-6-7-8-9-10-11-12-13-16-17-14(2)15/h3-13H2,1-2H3. The highest BCUT2D eigenvalue weighted by Crippen LogP contribution is 2.10. The first-order valence-electron chi connectivity index (χ1n) is 7.07. The van der Waals surface area contributed by atoms with Crippen molar-refractivity contribution in [2.24, 2.45) is 0 Å². The van der Waals surface area contributed by atoms with Gasteiger partial charge in [0.2, 0.25) is 0 Å². The Kier molecular flexibility index (Phi) is 13.0. The summed E-state index contributed by atoms with van der Waals surface area (Å²) in [7, 11) is 0. The molecule has 0 aromatic rings. The van der Waals surface area contributed by atoms with Crippen LogP contribution >= 0.6 is 0 Å². The van der Waals surface area contributed by atoms with Crippen LogP contribution in [0, 0.1) is 0 Å². The monoisotopic (exact) mass is 244 g/mol. The predicted octanol–water partition coefficient (Wildman–Crippen LogP) is 4.40. The van der Waals surface area contributed by atoms with Gasteiger partial charge in [0.05, 0.1) is 6.61 Å². The minimum Gasteiger partial charge on any atom is -0.299 e. The molecule has 17 heavy (non-hydrogen) atoms. The molecule has 0 aliphatic heterocycles. The van der Waals surface area contributed by atoms with Crippen molar-refractivity contribution in [3.63, 3.8) is 0 Å². The van der Waals surface area contributed by atoms with E-state index in [9.17, 15) is 4.79 Å². The Bertz CT molecular complexity index is 169. The van der Waals surface area contributed by atoms with Gasteiger partial charge in [0.1, 0.15) is 0 Å². The molecule has 0 saturated carbocycles. The van der Waals surface area contributed by atoms with Gasteiger partial charge in [0.15, 0.2) is 0 Å². The molecule has 0 heterocycles. The quantitative estimate of drug-likeness (QED) is 0.290. The Labute approximate surface area is 106 Å². The van der Waals surface area contributed by atoms with Gasteiger partial charge in [-0.25, -0.2) is 4.79 Å². The number of rotatable bonds is 12. The molecule has 0 spiro atoms. The second-order valence-corrected chi connectivity index (χ2v) is 4.58. The summed E-state index contributed by atoms with van der Waals surface area (Å²) in [6.45, 7) is 4.12. The normalized spacial score (nSPS) is 10.5. The Morgan fingerprint density at radius 2 is 1.29 bits per heavy atom. The molecular formula is C14H28O3. The van der Waals surface area contributed by atoms with Gasteiger partial charge in [0, 0.05) is 6.92 Å². The number of carbonyl (C=O) groups is 1. The molecule has 0 saturated heterocycles. The molecule has 0 amide bonds. The summed E-state index contributed by atoms with van der Waals surface area (Å²) in [5, 5.41) is 0. The van der Waals surface area contributed by atoms with Crippen LogP contribution in [-0.2, 0) is 14.6 Å². The third-order valence-electron chi connectivity index (χ3n) is 2.76. The molecule has 3 heteroatoms. The molecule has 0 aliphatic carbocycles. The summed E-state index contributed by atoms with van der Waals surface area (Å²) < 4.78 is 0. The Balaban J connectivity index is 2.91. The van der Waals surface area contributed by atoms with E-state index in [-0.39, 0.29) is 5.97 Å². The van der Waals surface area contributed by atoms with Gasteiger partial charge in [-0.05, 0) is 6.42 Å². The topological polar surface area (TPSA) is 35.5 Å². The molecule has 0 atom stereocenters. The highest BCUT2D eigenvalue weighted by Gasteiger charge is 1.95. The fourth-order valence-corrected chi connectivity index (χ4v) is 1.77. The van der Waals surface area contributed by atoms with Crippen LogP contribution in [0.1, 0.15) is 78.1 Å². The maximum atomic E-state index is 10.4. The average Bonchev–Trinajstić information content (AvgIpc) is 2.30. The fraction of sp³-hybridized carbons (Fsp3) is 0.929. The SMILES string of the molecule is CCCCCCCCCCCCOOC(C)=O. The number of unbranched alkanes of at least 4 members (excludes halogenated alkanes) is 9. The van der Waals surface area contributed by atoms with Crippen molar-refractivity contribution < 1.29 is 14.6 Å². The summed E-state index contributed by atoms with van der Waals surface area (Å²) >= 11 is 0. The molecule has 0 aromatic heterocycles. The second-order valence-electron chi connectivity index (χ2n) is 4.58. The molecule has 0 aromatic carbocycles. The molecule has 0 bridgehead atoms. The molecular weight excluding hydrogens is 216 g/mol. The fourth-order valence-electron chi connectivity index (χ4n) is 1.77. The first-order chi connectivity index (χ1) is 8.27. The van der Waals surface area contributed by atoms with Crippen molar-refractivity contribution in [2.75, 3.05) is 6.61 Å². The summed E-state index contributed by atoms with van der Waals surface area (Å²) in [4.78, 5) is 19.5. The van der Waals surface area contributed by atoms with Gasteiger partial charge < -0.3 is 0 Å². The molecule has 0 aliphatic rings. The van der Waals surface area contributed by atoms with Crippen LogP contribution < -0.4 is 0 Å². The average molecular weight is 244 g/mol. The number of hydrogen-bond donors (Lipinski definition) is 0. The van der Waals surface area contributed by atoms with Crippen LogP contribution in [0.2, 0.25) is 0 Å². The Morgan fingerprint density at radius 3 is 1.76 bits per heavy atom. The third-order valence-corrected chi connectivity index (χ3v) is 2.76. The maximum absolute atomic E-state index is 10.4. The van der Waals surface area contributed by atoms with Gasteiger partial charge >= 0.3 is 5.97 Å². The zero-order valence-electron chi connectivity index (χ0n) is 11.5. The van der Waals surface area contributed by atoms with Crippen LogP contribution in [0.15, 0.2) is 0 Å². The van der Waals surface area contributed by atoms with Crippen molar-refractivity contribution >= 4 is 5.97 Å². The van der Waals surface area contributed by atoms with Crippen LogP contribution in [0.5, 0.6) is 0 Å². The van der Waals surface area contributed by atoms with Crippen LogP contribution in [-0.4, -0.2) is 12.6 Å². The zero-order chi connectivity index (χ0) is 12.8. The molecule has 3 nitrogen and oxygen atoms in total. The van der Waals surface area contributed by atoms with Gasteiger partial charge in [-0.15, -0.1) is 0 Å². The molecule has 0 radical (unpaired) electrons. The van der Waals surface area contributed by atoms with Gasteiger partial charge in [0.25, 0.3) is 0 Å². The lowest BCUT2D eigenvalue weighted by molar-refractivity contribution is -0.270. The van der Waals surface area contributed by atoms with Crippen LogP contribution in [0.25, 0.3) is 0 Å². The first kappa shape index (κ1) is 16.4. The van der Waals surface area contributed by atoms with Crippen LogP contribution in [0.3, 0.4) is 0 Å². The summed E-state index contributed by atoms with van der Waals surface area (Å²) in [5.41, 5.74) is 0. The van der Waals surface area contributed by atoms with Crippen molar-refractivity contribution in [3.8, 4) is 0 Å². The highest BCUT2D eigenvalue weighted by molar-refractivity contribution is 5.65. The molecule has 102 valence electrons. The first-order valence-corrected chi connectivity index (χ1v) is 7.07. The smallest absolute Gasteiger partial charge is 0.299 e. The number of carbonyl (C=O) groups excluding carboxylic acids is 1. The van der Waals surface area contributed by atoms with Crippen molar-refractivity contribution in [1.82, 2.24) is 0 Å². The number of hydrogen-bond acceptors (Lipinski definition) is 3. The predicted molar refractivity (Wildman–Crippen MR) is 69.6 cm³/mol. The van der Waals surface area contributed by atoms with E-state index in [4.69, 9.17) is 4.89 Å². The largest absolute Gasteiger partial charge is 0.339 e. The minimum atomic E-state index is -0.378. The lowest BCUT2D eigenvalue weighted by Crippen LogP contribution is -2.01. The molecule has 0 rings (SSSR count). The van der Waals surface area contributed by atoms with E-state index in [1.165, 1.54) is 58.3 Å². The van der Waals surface area contributed by atoms with Gasteiger partial charge in [-0.2, -0.15) is 4.89 Å². The van der Waals surface area contributed by atoms with Gasteiger partial charge in [-0.1, -0.05) is 64.7 Å². The molecule has 0 N–H and O–H groups in total. The highest BCUT2D eigenvalue weighted by atomic mass is 17.2. The molecule has 0 fully saturated rings. The van der Waals surface area contributed by atoms with E-state index in [2.05, 4.69) is 11.8 Å².